The Balaban J connectivity index is 2.22. The van der Waals surface area contributed by atoms with Gasteiger partial charge in [-0.15, -0.1) is 0 Å². The van der Waals surface area contributed by atoms with E-state index in [1.54, 1.807) is 23.0 Å². The molecule has 1 atom stereocenters. The van der Waals surface area contributed by atoms with E-state index in [0.717, 1.165) is 5.56 Å². The molecule has 3 nitrogen and oxygen atoms in total. The molecule has 1 N–H and O–H groups in total. The van der Waals surface area contributed by atoms with E-state index in [4.69, 9.17) is 11.6 Å². The van der Waals surface area contributed by atoms with Gasteiger partial charge in [-0.05, 0) is 37.2 Å². The van der Waals surface area contributed by atoms with Crippen LogP contribution in [0.25, 0.3) is 0 Å². The van der Waals surface area contributed by atoms with Gasteiger partial charge in [0.1, 0.15) is 5.82 Å². The summed E-state index contributed by atoms with van der Waals surface area (Å²) in [6, 6.07) is 4.64. The van der Waals surface area contributed by atoms with Gasteiger partial charge in [0.15, 0.2) is 0 Å². The van der Waals surface area contributed by atoms with Crippen LogP contribution >= 0.6 is 11.6 Å². The molecule has 0 radical (unpaired) electrons. The molecule has 0 aliphatic carbocycles. The van der Waals surface area contributed by atoms with Crippen LogP contribution in [0.4, 0.5) is 4.39 Å². The Morgan fingerprint density at radius 1 is 1.50 bits per heavy atom. The third-order valence-corrected chi connectivity index (χ3v) is 3.14. The number of hydrogen-bond donors (Lipinski definition) is 1. The molecule has 0 aliphatic rings. The molecular formula is C13H15ClFN3. The van der Waals surface area contributed by atoms with E-state index in [2.05, 4.69) is 10.4 Å². The van der Waals surface area contributed by atoms with Crippen molar-refractivity contribution in [1.29, 1.82) is 0 Å². The summed E-state index contributed by atoms with van der Waals surface area (Å²) in [5.41, 5.74) is 1.63. The fourth-order valence-corrected chi connectivity index (χ4v) is 2.12. The number of aryl methyl sites for hydroxylation is 1. The summed E-state index contributed by atoms with van der Waals surface area (Å²) in [7, 11) is 3.70. The molecule has 96 valence electrons. The highest BCUT2D eigenvalue weighted by molar-refractivity contribution is 6.30. The van der Waals surface area contributed by atoms with Crippen molar-refractivity contribution >= 4 is 11.6 Å². The van der Waals surface area contributed by atoms with E-state index >= 15 is 0 Å². The summed E-state index contributed by atoms with van der Waals surface area (Å²) in [6.07, 6.45) is 4.24. The van der Waals surface area contributed by atoms with Crippen molar-refractivity contribution in [3.8, 4) is 0 Å². The van der Waals surface area contributed by atoms with Crippen LogP contribution in [-0.2, 0) is 13.5 Å². The van der Waals surface area contributed by atoms with Gasteiger partial charge in [-0.1, -0.05) is 11.6 Å². The molecule has 1 heterocycles. The maximum Gasteiger partial charge on any atom is 0.126 e. The summed E-state index contributed by atoms with van der Waals surface area (Å²) >= 11 is 5.89. The second-order valence-corrected chi connectivity index (χ2v) is 4.66. The normalized spacial score (nSPS) is 12.7. The van der Waals surface area contributed by atoms with Crippen LogP contribution in [-0.4, -0.2) is 16.8 Å². The van der Waals surface area contributed by atoms with Crippen LogP contribution in [0, 0.1) is 5.82 Å². The van der Waals surface area contributed by atoms with Crippen LogP contribution in [0.1, 0.15) is 17.2 Å². The molecule has 5 heteroatoms. The summed E-state index contributed by atoms with van der Waals surface area (Å²) in [4.78, 5) is 0. The van der Waals surface area contributed by atoms with E-state index in [9.17, 15) is 4.39 Å². The SMILES string of the molecule is CNC(Cc1cc(Cl)ccc1F)c1cnn(C)c1. The summed E-state index contributed by atoms with van der Waals surface area (Å²) in [5, 5.41) is 7.84. The largest absolute Gasteiger partial charge is 0.313 e. The predicted octanol–water partition coefficient (Wildman–Crippen LogP) is 2.72. The average molecular weight is 268 g/mol. The minimum absolute atomic E-state index is 0.0201. The number of nitrogens with one attached hydrogen (secondary N) is 1. The zero-order valence-electron chi connectivity index (χ0n) is 10.3. The number of aromatic nitrogens is 2. The van der Waals surface area contributed by atoms with Gasteiger partial charge in [0.2, 0.25) is 0 Å². The summed E-state index contributed by atoms with van der Waals surface area (Å²) in [5.74, 6) is -0.233. The highest BCUT2D eigenvalue weighted by atomic mass is 35.5. The lowest BCUT2D eigenvalue weighted by Crippen LogP contribution is -2.19. The van der Waals surface area contributed by atoms with Gasteiger partial charge in [-0.3, -0.25) is 4.68 Å². The monoisotopic (exact) mass is 267 g/mol. The number of hydrogen-bond acceptors (Lipinski definition) is 2. The molecule has 1 aromatic heterocycles. The molecule has 0 bridgehead atoms. The minimum Gasteiger partial charge on any atom is -0.313 e. The second kappa shape index (κ2) is 5.50. The molecule has 1 unspecified atom stereocenters. The zero-order chi connectivity index (χ0) is 13.1. The molecule has 0 saturated carbocycles. The molecule has 2 rings (SSSR count). The first-order valence-electron chi connectivity index (χ1n) is 5.70. The number of likely N-dealkylation sites (N-methyl/N-ethyl adjacent to an activating group) is 1. The molecule has 2 aromatic rings. The number of benzene rings is 1. The van der Waals surface area contributed by atoms with E-state index in [-0.39, 0.29) is 11.9 Å². The topological polar surface area (TPSA) is 29.9 Å². The van der Waals surface area contributed by atoms with Crippen molar-refractivity contribution in [2.45, 2.75) is 12.5 Å². The van der Waals surface area contributed by atoms with Crippen molar-refractivity contribution in [2.24, 2.45) is 7.05 Å². The van der Waals surface area contributed by atoms with E-state index in [1.807, 2.05) is 20.3 Å². The summed E-state index contributed by atoms with van der Waals surface area (Å²) < 4.78 is 15.4. The van der Waals surface area contributed by atoms with Gasteiger partial charge in [0, 0.05) is 29.9 Å². The van der Waals surface area contributed by atoms with Crippen LogP contribution in [0.3, 0.4) is 0 Å². The molecule has 0 amide bonds. The van der Waals surface area contributed by atoms with Crippen LogP contribution < -0.4 is 5.32 Å². The van der Waals surface area contributed by atoms with Gasteiger partial charge in [0.05, 0.1) is 6.20 Å². The Morgan fingerprint density at radius 3 is 2.89 bits per heavy atom. The van der Waals surface area contributed by atoms with E-state index < -0.39 is 0 Å². The van der Waals surface area contributed by atoms with Crippen molar-refractivity contribution in [3.63, 3.8) is 0 Å². The fraction of sp³-hybridized carbons (Fsp3) is 0.308. The number of halogens is 2. The lowest BCUT2D eigenvalue weighted by atomic mass is 10.0. The first-order valence-corrected chi connectivity index (χ1v) is 6.07. The zero-order valence-corrected chi connectivity index (χ0v) is 11.1. The first kappa shape index (κ1) is 13.1. The lowest BCUT2D eigenvalue weighted by molar-refractivity contribution is 0.554. The van der Waals surface area contributed by atoms with E-state index in [0.29, 0.717) is 17.0 Å². The Labute approximate surface area is 111 Å². The van der Waals surface area contributed by atoms with Crippen molar-refractivity contribution in [3.05, 3.63) is 52.6 Å². The van der Waals surface area contributed by atoms with Gasteiger partial charge in [-0.2, -0.15) is 5.10 Å². The van der Waals surface area contributed by atoms with Crippen LogP contribution in [0.5, 0.6) is 0 Å². The second-order valence-electron chi connectivity index (χ2n) is 4.23. The standard InChI is InChI=1S/C13H15ClFN3/c1-16-13(10-7-17-18(2)8-10)6-9-5-11(14)3-4-12(9)15/h3-5,7-8,13,16H,6H2,1-2H3. The quantitative estimate of drug-likeness (QED) is 0.923. The maximum atomic E-state index is 13.7. The highest BCUT2D eigenvalue weighted by Crippen LogP contribution is 2.22. The van der Waals surface area contributed by atoms with Crippen LogP contribution in [0.2, 0.25) is 5.02 Å². The van der Waals surface area contributed by atoms with Crippen molar-refractivity contribution in [1.82, 2.24) is 15.1 Å². The van der Waals surface area contributed by atoms with Gasteiger partial charge in [-0.25, -0.2) is 4.39 Å². The van der Waals surface area contributed by atoms with Crippen molar-refractivity contribution < 1.29 is 4.39 Å². The minimum atomic E-state index is -0.233. The lowest BCUT2D eigenvalue weighted by Gasteiger charge is -2.15. The number of rotatable bonds is 4. The maximum absolute atomic E-state index is 13.7. The summed E-state index contributed by atoms with van der Waals surface area (Å²) in [6.45, 7) is 0. The number of nitrogens with zero attached hydrogens (tertiary/aromatic N) is 2. The van der Waals surface area contributed by atoms with Gasteiger partial charge < -0.3 is 5.32 Å². The van der Waals surface area contributed by atoms with Crippen molar-refractivity contribution in [2.75, 3.05) is 7.05 Å². The molecule has 0 fully saturated rings. The Bertz CT molecular complexity index is 539. The van der Waals surface area contributed by atoms with E-state index in [1.165, 1.54) is 6.07 Å². The molecule has 0 aliphatic heterocycles. The Morgan fingerprint density at radius 2 is 2.28 bits per heavy atom. The molecule has 0 saturated heterocycles. The highest BCUT2D eigenvalue weighted by Gasteiger charge is 2.14. The molecule has 1 aromatic carbocycles. The average Bonchev–Trinajstić information content (AvgIpc) is 2.77. The Kier molecular flexibility index (Phi) is 3.99. The van der Waals surface area contributed by atoms with Gasteiger partial charge >= 0.3 is 0 Å². The predicted molar refractivity (Wildman–Crippen MR) is 70.1 cm³/mol. The molecule has 0 spiro atoms. The molecule has 18 heavy (non-hydrogen) atoms. The van der Waals surface area contributed by atoms with Gasteiger partial charge in [0.25, 0.3) is 0 Å². The smallest absolute Gasteiger partial charge is 0.126 e. The third-order valence-electron chi connectivity index (χ3n) is 2.91. The fourth-order valence-electron chi connectivity index (χ4n) is 1.93. The Hall–Kier alpha value is -1.39. The van der Waals surface area contributed by atoms with Crippen LogP contribution in [0.15, 0.2) is 30.6 Å². The molecular weight excluding hydrogens is 253 g/mol. The third kappa shape index (κ3) is 2.89. The first-order chi connectivity index (χ1) is 8.60.